The van der Waals surface area contributed by atoms with Gasteiger partial charge in [0.2, 0.25) is 0 Å². The van der Waals surface area contributed by atoms with Crippen LogP contribution < -0.4 is 15.8 Å². The molecule has 0 spiro atoms. The predicted octanol–water partition coefficient (Wildman–Crippen LogP) is 4.27. The van der Waals surface area contributed by atoms with Gasteiger partial charge in [-0.3, -0.25) is 0 Å². The number of hydrogen-bond acceptors (Lipinski definition) is 3. The van der Waals surface area contributed by atoms with Crippen molar-refractivity contribution in [2.45, 2.75) is 32.8 Å². The quantitative estimate of drug-likeness (QED) is 0.779. The molecule has 0 saturated heterocycles. The highest BCUT2D eigenvalue weighted by atomic mass is 16.5. The van der Waals surface area contributed by atoms with Crippen LogP contribution in [0.3, 0.4) is 0 Å². The van der Waals surface area contributed by atoms with E-state index in [1.165, 1.54) is 5.56 Å². The number of hydrogen-bond donors (Lipinski definition) is 2. The Morgan fingerprint density at radius 3 is 2.43 bits per heavy atom. The van der Waals surface area contributed by atoms with Crippen LogP contribution in [0.5, 0.6) is 5.75 Å². The summed E-state index contributed by atoms with van der Waals surface area (Å²) in [4.78, 5) is 0. The second-order valence-corrected chi connectivity index (χ2v) is 5.61. The molecule has 2 aromatic rings. The molecule has 112 valence electrons. The molecule has 3 heteroatoms. The van der Waals surface area contributed by atoms with Crippen LogP contribution in [-0.2, 0) is 0 Å². The molecule has 3 N–H and O–H groups in total. The molecule has 2 aromatic carbocycles. The zero-order valence-corrected chi connectivity index (χ0v) is 13.0. The van der Waals surface area contributed by atoms with Gasteiger partial charge in [0.15, 0.2) is 0 Å². The topological polar surface area (TPSA) is 47.3 Å². The Labute approximate surface area is 127 Å². The van der Waals surface area contributed by atoms with Crippen LogP contribution in [0.2, 0.25) is 0 Å². The molecular weight excluding hydrogens is 260 g/mol. The molecule has 0 aliphatic carbocycles. The van der Waals surface area contributed by atoms with Crippen LogP contribution in [0.15, 0.2) is 48.5 Å². The lowest BCUT2D eigenvalue weighted by Crippen LogP contribution is -2.11. The van der Waals surface area contributed by atoms with Crippen molar-refractivity contribution in [3.05, 3.63) is 54.1 Å². The van der Waals surface area contributed by atoms with Gasteiger partial charge in [0.1, 0.15) is 5.75 Å². The highest BCUT2D eigenvalue weighted by molar-refractivity contribution is 5.61. The molecule has 0 aliphatic rings. The van der Waals surface area contributed by atoms with E-state index in [0.717, 1.165) is 18.0 Å². The van der Waals surface area contributed by atoms with Gasteiger partial charge < -0.3 is 15.8 Å². The Morgan fingerprint density at radius 1 is 1.05 bits per heavy atom. The first-order valence-corrected chi connectivity index (χ1v) is 7.41. The first-order chi connectivity index (χ1) is 10.1. The van der Waals surface area contributed by atoms with E-state index >= 15 is 0 Å². The summed E-state index contributed by atoms with van der Waals surface area (Å²) in [6.45, 7) is 7.08. The number of nitrogens with two attached hydrogens (primary N) is 1. The fourth-order valence-corrected chi connectivity index (χ4v) is 2.17. The number of rotatable bonds is 6. The number of benzene rings is 2. The monoisotopic (exact) mass is 284 g/mol. The Kier molecular flexibility index (Phi) is 5.09. The standard InChI is InChI=1S/C18H24N2O/c1-13(2)21-18-11-16(9-10-17(18)19)20-12-14(3)15-7-5-4-6-8-15/h4-11,13-14,20H,12,19H2,1-3H3. The molecule has 0 fully saturated rings. The molecule has 3 nitrogen and oxygen atoms in total. The zero-order valence-electron chi connectivity index (χ0n) is 13.0. The lowest BCUT2D eigenvalue weighted by Gasteiger charge is -2.16. The van der Waals surface area contributed by atoms with Crippen LogP contribution in [0.1, 0.15) is 32.3 Å². The van der Waals surface area contributed by atoms with E-state index < -0.39 is 0 Å². The van der Waals surface area contributed by atoms with Gasteiger partial charge in [0.25, 0.3) is 0 Å². The van der Waals surface area contributed by atoms with Gasteiger partial charge in [-0.05, 0) is 37.5 Å². The van der Waals surface area contributed by atoms with Gasteiger partial charge in [0.05, 0.1) is 11.8 Å². The fraction of sp³-hybridized carbons (Fsp3) is 0.333. The number of nitrogen functional groups attached to an aromatic ring is 1. The van der Waals surface area contributed by atoms with Crippen LogP contribution in [-0.4, -0.2) is 12.6 Å². The fourth-order valence-electron chi connectivity index (χ4n) is 2.17. The summed E-state index contributed by atoms with van der Waals surface area (Å²) < 4.78 is 5.71. The molecule has 0 heterocycles. The number of ether oxygens (including phenoxy) is 1. The minimum atomic E-state index is 0.116. The summed E-state index contributed by atoms with van der Waals surface area (Å²) in [7, 11) is 0. The zero-order chi connectivity index (χ0) is 15.2. The molecule has 1 unspecified atom stereocenters. The third kappa shape index (κ3) is 4.42. The van der Waals surface area contributed by atoms with E-state index in [2.05, 4.69) is 36.5 Å². The molecule has 0 saturated carbocycles. The maximum Gasteiger partial charge on any atom is 0.144 e. The summed E-state index contributed by atoms with van der Waals surface area (Å²) in [5.74, 6) is 1.18. The molecule has 0 radical (unpaired) electrons. The average Bonchev–Trinajstić information content (AvgIpc) is 2.48. The lowest BCUT2D eigenvalue weighted by molar-refractivity contribution is 0.244. The maximum absolute atomic E-state index is 5.93. The van der Waals surface area contributed by atoms with Gasteiger partial charge in [-0.1, -0.05) is 37.3 Å². The third-order valence-electron chi connectivity index (χ3n) is 3.36. The number of nitrogens with one attached hydrogen (secondary N) is 1. The Balaban J connectivity index is 2.00. The van der Waals surface area contributed by atoms with Crippen LogP contribution in [0, 0.1) is 0 Å². The Hall–Kier alpha value is -2.16. The molecule has 0 amide bonds. The van der Waals surface area contributed by atoms with Gasteiger partial charge in [-0.15, -0.1) is 0 Å². The number of anilines is 2. The van der Waals surface area contributed by atoms with Gasteiger partial charge >= 0.3 is 0 Å². The highest BCUT2D eigenvalue weighted by Gasteiger charge is 2.07. The summed E-state index contributed by atoms with van der Waals surface area (Å²) in [6.07, 6.45) is 0.116. The van der Waals surface area contributed by atoms with E-state index in [1.54, 1.807) is 0 Å². The minimum absolute atomic E-state index is 0.116. The lowest BCUT2D eigenvalue weighted by atomic mass is 10.0. The molecule has 1 atom stereocenters. The molecule has 0 aliphatic heterocycles. The predicted molar refractivity (Wildman–Crippen MR) is 90.0 cm³/mol. The van der Waals surface area contributed by atoms with Crippen molar-refractivity contribution in [3.8, 4) is 5.75 Å². The van der Waals surface area contributed by atoms with Crippen molar-refractivity contribution in [3.63, 3.8) is 0 Å². The second-order valence-electron chi connectivity index (χ2n) is 5.61. The molecular formula is C18H24N2O. The van der Waals surface area contributed by atoms with Crippen LogP contribution >= 0.6 is 0 Å². The first-order valence-electron chi connectivity index (χ1n) is 7.41. The van der Waals surface area contributed by atoms with Crippen LogP contribution in [0.25, 0.3) is 0 Å². The van der Waals surface area contributed by atoms with Crippen molar-refractivity contribution in [1.29, 1.82) is 0 Å². The minimum Gasteiger partial charge on any atom is -0.489 e. The maximum atomic E-state index is 5.93. The van der Waals surface area contributed by atoms with E-state index in [0.29, 0.717) is 11.6 Å². The molecule has 0 aromatic heterocycles. The summed E-state index contributed by atoms with van der Waals surface area (Å²) >= 11 is 0. The van der Waals surface area contributed by atoms with Crippen molar-refractivity contribution < 1.29 is 4.74 Å². The molecule has 21 heavy (non-hydrogen) atoms. The van der Waals surface area contributed by atoms with Crippen molar-refractivity contribution in [2.24, 2.45) is 0 Å². The SMILES string of the molecule is CC(C)Oc1cc(NCC(C)c2ccccc2)ccc1N. The van der Waals surface area contributed by atoms with Gasteiger partial charge in [0, 0.05) is 18.3 Å². The first kappa shape index (κ1) is 15.2. The summed E-state index contributed by atoms with van der Waals surface area (Å²) in [6, 6.07) is 16.3. The van der Waals surface area contributed by atoms with Gasteiger partial charge in [-0.2, -0.15) is 0 Å². The van der Waals surface area contributed by atoms with Crippen molar-refractivity contribution >= 4 is 11.4 Å². The van der Waals surface area contributed by atoms with Crippen molar-refractivity contribution in [1.82, 2.24) is 0 Å². The van der Waals surface area contributed by atoms with E-state index in [9.17, 15) is 0 Å². The summed E-state index contributed by atoms with van der Waals surface area (Å²) in [5.41, 5.74) is 8.97. The second kappa shape index (κ2) is 7.02. The van der Waals surface area contributed by atoms with E-state index in [4.69, 9.17) is 10.5 Å². The Bertz CT molecular complexity index is 567. The third-order valence-corrected chi connectivity index (χ3v) is 3.36. The van der Waals surface area contributed by atoms with Crippen LogP contribution in [0.4, 0.5) is 11.4 Å². The molecule has 2 rings (SSSR count). The highest BCUT2D eigenvalue weighted by Crippen LogP contribution is 2.27. The smallest absolute Gasteiger partial charge is 0.144 e. The average molecular weight is 284 g/mol. The normalized spacial score (nSPS) is 12.2. The van der Waals surface area contributed by atoms with E-state index in [1.807, 2.05) is 38.1 Å². The van der Waals surface area contributed by atoms with Crippen molar-refractivity contribution in [2.75, 3.05) is 17.6 Å². The van der Waals surface area contributed by atoms with Gasteiger partial charge in [-0.25, -0.2) is 0 Å². The Morgan fingerprint density at radius 2 is 1.76 bits per heavy atom. The molecule has 0 bridgehead atoms. The summed E-state index contributed by atoms with van der Waals surface area (Å²) in [5, 5.41) is 3.45. The van der Waals surface area contributed by atoms with E-state index in [-0.39, 0.29) is 6.10 Å². The largest absolute Gasteiger partial charge is 0.489 e.